The van der Waals surface area contributed by atoms with Gasteiger partial charge in [0.15, 0.2) is 0 Å². The van der Waals surface area contributed by atoms with Gasteiger partial charge in [-0.25, -0.2) is 0 Å². The average Bonchev–Trinajstić information content (AvgIpc) is 3.78. The van der Waals surface area contributed by atoms with Crippen LogP contribution in [0.2, 0.25) is 0 Å². The lowest BCUT2D eigenvalue weighted by Crippen LogP contribution is -2.20. The molecule has 1 aromatic heterocycles. The van der Waals surface area contributed by atoms with Crippen LogP contribution in [0.4, 0.5) is 0 Å². The molecular weight excluding hydrogens is 527 g/mol. The monoisotopic (exact) mass is 551 g/mol. The third-order valence-corrected chi connectivity index (χ3v) is 13.4. The second-order valence-corrected chi connectivity index (χ2v) is 15.4. The Bertz CT molecular complexity index is 2810. The van der Waals surface area contributed by atoms with E-state index in [9.17, 15) is 0 Å². The van der Waals surface area contributed by atoms with Gasteiger partial charge in [-0.05, 0) is 153 Å². The first-order chi connectivity index (χ1) is 20.6. The van der Waals surface area contributed by atoms with Gasteiger partial charge >= 0.3 is 0 Å². The molecule has 1 fully saturated rings. The van der Waals surface area contributed by atoms with Crippen molar-refractivity contribution in [3.8, 4) is 0 Å². The van der Waals surface area contributed by atoms with Gasteiger partial charge in [0.05, 0.1) is 6.04 Å². The lowest BCUT2D eigenvalue weighted by Gasteiger charge is -2.31. The van der Waals surface area contributed by atoms with Gasteiger partial charge < -0.3 is 0 Å². The maximum absolute atomic E-state index is 2.70. The quantitative estimate of drug-likeness (QED) is 0.183. The molecule has 196 valence electrons. The summed E-state index contributed by atoms with van der Waals surface area (Å²) in [6.45, 7) is 5.75. The second kappa shape index (κ2) is 6.06. The van der Waals surface area contributed by atoms with E-state index in [4.69, 9.17) is 0 Å². The molecule has 3 unspecified atom stereocenters. The Balaban J connectivity index is 1.36. The number of likely N-dealkylation sites (N-methyl/N-ethyl adjacent to an activating group) is 1. The Labute approximate surface area is 245 Å². The minimum Gasteiger partial charge on any atom is -0.297 e. The summed E-state index contributed by atoms with van der Waals surface area (Å²) in [6, 6.07) is 22.8. The van der Waals surface area contributed by atoms with Gasteiger partial charge in [0.1, 0.15) is 0 Å². The molecule has 10 aromatic rings. The zero-order valence-corrected chi connectivity index (χ0v) is 24.5. The molecule has 2 heteroatoms. The number of hydrogen-bond acceptors (Lipinski definition) is 2. The van der Waals surface area contributed by atoms with Crippen molar-refractivity contribution in [3.05, 3.63) is 92.2 Å². The highest BCUT2D eigenvalue weighted by atomic mass is 32.1. The van der Waals surface area contributed by atoms with Crippen molar-refractivity contribution in [2.45, 2.75) is 38.1 Å². The van der Waals surface area contributed by atoms with Crippen LogP contribution in [0.3, 0.4) is 0 Å². The predicted molar refractivity (Wildman–Crippen MR) is 180 cm³/mol. The van der Waals surface area contributed by atoms with E-state index >= 15 is 0 Å². The highest BCUT2D eigenvalue weighted by Gasteiger charge is 2.48. The zero-order valence-electron chi connectivity index (χ0n) is 23.7. The fraction of sp³-hybridized carbons (Fsp3) is 0.200. The average molecular weight is 552 g/mol. The van der Waals surface area contributed by atoms with Crippen LogP contribution in [0.1, 0.15) is 55.4 Å². The molecule has 3 atom stereocenters. The number of benzene rings is 7. The smallest absolute Gasteiger partial charge is 0.0513 e. The minimum absolute atomic E-state index is 0.435. The molecule has 0 radical (unpaired) electrons. The third kappa shape index (κ3) is 1.84. The fourth-order valence-electron chi connectivity index (χ4n) is 11.2. The van der Waals surface area contributed by atoms with Crippen LogP contribution in [0.25, 0.3) is 86.2 Å². The molecule has 9 aromatic carbocycles. The van der Waals surface area contributed by atoms with Gasteiger partial charge in [0, 0.05) is 28.1 Å². The third-order valence-electron chi connectivity index (χ3n) is 12.3. The number of rotatable bonds is 1. The van der Waals surface area contributed by atoms with Crippen molar-refractivity contribution in [1.29, 1.82) is 0 Å². The van der Waals surface area contributed by atoms with Gasteiger partial charge in [-0.15, -0.1) is 11.3 Å². The summed E-state index contributed by atoms with van der Waals surface area (Å²) >= 11 is 2.01. The number of likely N-dealkylation sites (tertiary alicyclic amines) is 1. The standard InChI is InChI=1S/C40H25NS/c1-15-10-17-5-6-18-11-19-12-20-13-23-31-24(14-41(3)40(31)25-9-4-16(2)42-25)21-7-8-22-26(15)35-27(17)28(18)36-29(19)30(20)37-34(23)32(21)33(22)38(37)39(35)36/h4-11,13,24,31,40H,12,14H2,1-3H3. The summed E-state index contributed by atoms with van der Waals surface area (Å²) in [7, 11) is 2.38. The maximum Gasteiger partial charge on any atom is 0.0513 e. The maximum atomic E-state index is 2.70. The Morgan fingerprint density at radius 1 is 0.619 bits per heavy atom. The molecule has 1 aliphatic heterocycles. The molecule has 0 N–H and O–H groups in total. The number of aryl methyl sites for hydroxylation is 2. The number of nitrogens with zero attached hydrogens (tertiary/aromatic N) is 1. The first kappa shape index (κ1) is 20.8. The normalized spacial score (nSPS) is 22.1. The zero-order chi connectivity index (χ0) is 27.1. The van der Waals surface area contributed by atoms with Crippen LogP contribution in [-0.4, -0.2) is 18.5 Å². The molecule has 0 amide bonds. The predicted octanol–water partition coefficient (Wildman–Crippen LogP) is 10.6. The molecule has 0 spiro atoms. The molecule has 3 aliphatic rings. The lowest BCUT2D eigenvalue weighted by molar-refractivity contribution is 0.308. The Kier molecular flexibility index (Phi) is 3.01. The summed E-state index contributed by atoms with van der Waals surface area (Å²) in [6.07, 6.45) is 1.07. The summed E-state index contributed by atoms with van der Waals surface area (Å²) < 4.78 is 0. The van der Waals surface area contributed by atoms with Crippen molar-refractivity contribution in [2.75, 3.05) is 13.6 Å². The van der Waals surface area contributed by atoms with Crippen LogP contribution < -0.4 is 0 Å². The Morgan fingerprint density at radius 3 is 2.12 bits per heavy atom. The molecule has 42 heavy (non-hydrogen) atoms. The highest BCUT2D eigenvalue weighted by molar-refractivity contribution is 7.12. The highest BCUT2D eigenvalue weighted by Crippen LogP contribution is 2.65. The van der Waals surface area contributed by atoms with Gasteiger partial charge in [0.2, 0.25) is 0 Å². The van der Waals surface area contributed by atoms with Gasteiger partial charge in [-0.3, -0.25) is 4.90 Å². The van der Waals surface area contributed by atoms with Crippen LogP contribution in [0.15, 0.2) is 54.6 Å². The molecule has 13 rings (SSSR count). The number of hydrogen-bond donors (Lipinski definition) is 0. The van der Waals surface area contributed by atoms with Crippen molar-refractivity contribution >= 4 is 97.5 Å². The summed E-state index contributed by atoms with van der Waals surface area (Å²) in [4.78, 5) is 5.63. The van der Waals surface area contributed by atoms with E-state index in [1.165, 1.54) is 47.6 Å². The molecular formula is C40H25NS. The summed E-state index contributed by atoms with van der Waals surface area (Å²) in [5.74, 6) is 1.02. The molecule has 0 saturated carbocycles. The Hall–Kier alpha value is -3.98. The van der Waals surface area contributed by atoms with Crippen LogP contribution in [0, 0.1) is 13.8 Å². The summed E-state index contributed by atoms with van der Waals surface area (Å²) in [5, 5.41) is 24.7. The van der Waals surface area contributed by atoms with Crippen LogP contribution in [0.5, 0.6) is 0 Å². The minimum atomic E-state index is 0.435. The van der Waals surface area contributed by atoms with E-state index in [0.29, 0.717) is 17.9 Å². The van der Waals surface area contributed by atoms with E-state index in [-0.39, 0.29) is 0 Å². The van der Waals surface area contributed by atoms with E-state index in [1.807, 2.05) is 11.3 Å². The lowest BCUT2D eigenvalue weighted by atomic mass is 9.72. The number of thiophene rings is 1. The molecule has 1 nitrogen and oxygen atoms in total. The number of fused-ring (bicyclic) bond motifs is 4. The van der Waals surface area contributed by atoms with Crippen molar-refractivity contribution in [1.82, 2.24) is 4.90 Å². The van der Waals surface area contributed by atoms with Crippen LogP contribution in [-0.2, 0) is 6.42 Å². The first-order valence-electron chi connectivity index (χ1n) is 15.5. The van der Waals surface area contributed by atoms with E-state index in [2.05, 4.69) is 80.4 Å². The second-order valence-electron chi connectivity index (χ2n) is 14.1. The van der Waals surface area contributed by atoms with E-state index < -0.39 is 0 Å². The Morgan fingerprint density at radius 2 is 1.31 bits per heavy atom. The van der Waals surface area contributed by atoms with Gasteiger partial charge in [-0.1, -0.05) is 42.5 Å². The van der Waals surface area contributed by atoms with Crippen molar-refractivity contribution in [3.63, 3.8) is 0 Å². The van der Waals surface area contributed by atoms with Crippen LogP contribution >= 0.6 is 11.3 Å². The molecule has 1 saturated heterocycles. The molecule has 0 bridgehead atoms. The van der Waals surface area contributed by atoms with E-state index in [0.717, 1.165) is 13.0 Å². The van der Waals surface area contributed by atoms with E-state index in [1.54, 1.807) is 76.1 Å². The fourth-order valence-corrected chi connectivity index (χ4v) is 12.3. The molecule has 2 heterocycles. The summed E-state index contributed by atoms with van der Waals surface area (Å²) in [5.41, 5.74) is 7.81. The van der Waals surface area contributed by atoms with Crippen molar-refractivity contribution < 1.29 is 0 Å². The largest absolute Gasteiger partial charge is 0.297 e. The van der Waals surface area contributed by atoms with Gasteiger partial charge in [0.25, 0.3) is 0 Å². The molecule has 2 aliphatic carbocycles. The topological polar surface area (TPSA) is 3.24 Å². The van der Waals surface area contributed by atoms with Gasteiger partial charge in [-0.2, -0.15) is 0 Å². The first-order valence-corrected chi connectivity index (χ1v) is 16.4. The SMILES string of the molecule is Cc1ccc(C2C3c4cc5c6c7c(cc8ccc9cc(C)c%10c%11ccc(c%12c4c6c(c%11%12)c4c%10c9c8c74)C3CN2C)C5)s1. The van der Waals surface area contributed by atoms with Crippen molar-refractivity contribution in [2.24, 2.45) is 0 Å².